The maximum absolute atomic E-state index is 11.3. The third-order valence-electron chi connectivity index (χ3n) is 1.68. The van der Waals surface area contributed by atoms with Gasteiger partial charge in [0.15, 0.2) is 0 Å². The van der Waals surface area contributed by atoms with Crippen molar-refractivity contribution in [3.8, 4) is 0 Å². The van der Waals surface area contributed by atoms with Gasteiger partial charge in [-0.25, -0.2) is 4.79 Å². The van der Waals surface area contributed by atoms with Crippen molar-refractivity contribution in [2.24, 2.45) is 0 Å². The maximum Gasteiger partial charge on any atom is 0.364 e. The maximum atomic E-state index is 11.3. The number of hydrogen-bond acceptors (Lipinski definition) is 5. The molecule has 0 fully saturated rings. The number of rotatable bonds is 3. The first-order chi connectivity index (χ1) is 7.56. The van der Waals surface area contributed by atoms with Gasteiger partial charge in [0.2, 0.25) is 16.7 Å². The molecule has 0 aromatic heterocycles. The number of carbonyl (C=O) groups is 2. The van der Waals surface area contributed by atoms with Gasteiger partial charge in [-0.15, -0.1) is 0 Å². The summed E-state index contributed by atoms with van der Waals surface area (Å²) in [4.78, 5) is 25.5. The van der Waals surface area contributed by atoms with Crippen LogP contribution in [0.2, 0.25) is 0 Å². The normalized spacial score (nSPS) is 14.7. The van der Waals surface area contributed by atoms with Gasteiger partial charge in [0, 0.05) is 6.42 Å². The Morgan fingerprint density at radius 2 is 2.19 bits per heavy atom. The Hall–Kier alpha value is -1.16. The molecule has 0 atom stereocenters. The highest BCUT2D eigenvalue weighted by atomic mass is 127. The molecule has 0 aliphatic heterocycles. The zero-order valence-electron chi connectivity index (χ0n) is 7.77. The van der Waals surface area contributed by atoms with Gasteiger partial charge in [0.25, 0.3) is 0 Å². The van der Waals surface area contributed by atoms with Crippen molar-refractivity contribution in [1.29, 1.82) is 0 Å². The lowest BCUT2D eigenvalue weighted by Crippen LogP contribution is -2.24. The second-order valence-electron chi connectivity index (χ2n) is 2.65. The van der Waals surface area contributed by atoms with Crippen molar-refractivity contribution < 1.29 is 22.8 Å². The van der Waals surface area contributed by atoms with Crippen molar-refractivity contribution in [3.63, 3.8) is 0 Å². The molecule has 1 aliphatic carbocycles. The molecule has 0 aromatic rings. The summed E-state index contributed by atoms with van der Waals surface area (Å²) in [7, 11) is -2.49. The Labute approximate surface area is 106 Å². The first kappa shape index (κ1) is 12.9. The monoisotopic (exact) mass is 355 g/mol. The fourth-order valence-electron chi connectivity index (χ4n) is 1.04. The van der Waals surface area contributed by atoms with E-state index in [9.17, 15) is 18.0 Å². The Morgan fingerprint density at radius 1 is 1.50 bits per heavy atom. The minimum atomic E-state index is -2.49. The second kappa shape index (κ2) is 5.80. The van der Waals surface area contributed by atoms with Crippen LogP contribution in [0, 0.1) is 0 Å². The molecule has 0 unspecified atom stereocenters. The van der Waals surface area contributed by atoms with Gasteiger partial charge in [-0.3, -0.25) is 4.79 Å². The highest BCUT2D eigenvalue weighted by molar-refractivity contribution is 14.1. The molecule has 0 heterocycles. The van der Waals surface area contributed by atoms with E-state index in [4.69, 9.17) is 0 Å². The summed E-state index contributed by atoms with van der Waals surface area (Å²) >= 11 is 1.97. The highest BCUT2D eigenvalue weighted by Gasteiger charge is 2.22. The van der Waals surface area contributed by atoms with Gasteiger partial charge >= 0.3 is 5.97 Å². The molecule has 1 amide bonds. The van der Waals surface area contributed by atoms with Gasteiger partial charge in [-0.2, -0.15) is 13.9 Å². The van der Waals surface area contributed by atoms with Crippen molar-refractivity contribution in [1.82, 2.24) is 5.48 Å². The SMILES string of the molecule is O=CNOC(=O)C1=CC=C(I)CC1=S(=O)=O. The van der Waals surface area contributed by atoms with Crippen LogP contribution in [0.15, 0.2) is 21.3 Å². The zero-order valence-corrected chi connectivity index (χ0v) is 10.7. The van der Waals surface area contributed by atoms with Crippen molar-refractivity contribution in [3.05, 3.63) is 21.3 Å². The van der Waals surface area contributed by atoms with Crippen LogP contribution in [0.1, 0.15) is 6.42 Å². The van der Waals surface area contributed by atoms with Gasteiger partial charge in [-0.1, -0.05) is 6.08 Å². The molecule has 1 aliphatic rings. The minimum Gasteiger partial charge on any atom is -0.336 e. The number of amides is 1. The molecule has 0 saturated carbocycles. The summed E-state index contributed by atoms with van der Waals surface area (Å²) in [6.07, 6.45) is 3.27. The van der Waals surface area contributed by atoms with Gasteiger partial charge in [0.1, 0.15) is 0 Å². The smallest absolute Gasteiger partial charge is 0.336 e. The topological polar surface area (TPSA) is 89.5 Å². The third kappa shape index (κ3) is 3.17. The molecule has 16 heavy (non-hydrogen) atoms. The molecule has 86 valence electrons. The molecule has 1 N–H and O–H groups in total. The van der Waals surface area contributed by atoms with E-state index < -0.39 is 16.3 Å². The quantitative estimate of drug-likeness (QED) is 0.330. The number of hydroxylamine groups is 1. The molecule has 0 spiro atoms. The molecule has 8 heteroatoms. The van der Waals surface area contributed by atoms with Crippen LogP contribution >= 0.6 is 22.6 Å². The van der Waals surface area contributed by atoms with E-state index >= 15 is 0 Å². The van der Waals surface area contributed by atoms with Crippen molar-refractivity contribution in [2.75, 3.05) is 0 Å². The zero-order chi connectivity index (χ0) is 12.1. The van der Waals surface area contributed by atoms with Crippen LogP contribution in [0.5, 0.6) is 0 Å². The summed E-state index contributed by atoms with van der Waals surface area (Å²) in [6, 6.07) is 0. The van der Waals surface area contributed by atoms with E-state index in [-0.39, 0.29) is 23.3 Å². The van der Waals surface area contributed by atoms with Crippen LogP contribution in [-0.4, -0.2) is 25.7 Å². The van der Waals surface area contributed by atoms with Gasteiger partial charge in [0.05, 0.1) is 10.4 Å². The Balaban J connectivity index is 3.05. The fraction of sp³-hybridized carbons (Fsp3) is 0.125. The van der Waals surface area contributed by atoms with E-state index in [2.05, 4.69) is 4.84 Å². The number of carbonyl (C=O) groups excluding carboxylic acids is 2. The standard InChI is InChI=1S/C8H6INO5S/c9-5-1-2-6(7(3-5)16(13)14)8(12)15-10-4-11/h1-2,4H,3H2,(H,10,11). The van der Waals surface area contributed by atoms with Gasteiger partial charge < -0.3 is 4.84 Å². The van der Waals surface area contributed by atoms with Crippen LogP contribution in [0.3, 0.4) is 0 Å². The lowest BCUT2D eigenvalue weighted by molar-refractivity contribution is -0.149. The van der Waals surface area contributed by atoms with E-state index in [0.29, 0.717) is 0 Å². The summed E-state index contributed by atoms with van der Waals surface area (Å²) < 4.78 is 22.6. The molecule has 0 aromatic carbocycles. The van der Waals surface area contributed by atoms with E-state index in [0.717, 1.165) is 3.58 Å². The Morgan fingerprint density at radius 3 is 2.75 bits per heavy atom. The molecule has 0 saturated heterocycles. The number of halogens is 1. The molecule has 1 rings (SSSR count). The lowest BCUT2D eigenvalue weighted by Gasteiger charge is -2.10. The Bertz CT molecular complexity index is 509. The number of nitrogens with one attached hydrogen (secondary N) is 1. The van der Waals surface area contributed by atoms with Crippen molar-refractivity contribution >= 4 is 50.1 Å². The first-order valence-corrected chi connectivity index (χ1v) is 6.13. The second-order valence-corrected chi connectivity index (χ2v) is 5.00. The molecular weight excluding hydrogens is 349 g/mol. The largest absolute Gasteiger partial charge is 0.364 e. The summed E-state index contributed by atoms with van der Waals surface area (Å²) in [5.41, 5.74) is 1.63. The fourth-order valence-corrected chi connectivity index (χ4v) is 2.46. The number of hydrogen-bond donors (Lipinski definition) is 1. The highest BCUT2D eigenvalue weighted by Crippen LogP contribution is 2.21. The first-order valence-electron chi connectivity index (χ1n) is 3.98. The Kier molecular flexibility index (Phi) is 4.68. The van der Waals surface area contributed by atoms with Gasteiger partial charge in [-0.05, 0) is 32.2 Å². The van der Waals surface area contributed by atoms with Crippen LogP contribution < -0.4 is 5.48 Å². The molecule has 0 bridgehead atoms. The van der Waals surface area contributed by atoms with Crippen LogP contribution in [0.25, 0.3) is 0 Å². The molecule has 6 nitrogen and oxygen atoms in total. The summed E-state index contributed by atoms with van der Waals surface area (Å²) in [5, 5.41) is 0. The van der Waals surface area contributed by atoms with E-state index in [1.807, 2.05) is 22.6 Å². The predicted molar refractivity (Wildman–Crippen MR) is 64.0 cm³/mol. The lowest BCUT2D eigenvalue weighted by atomic mass is 10.1. The van der Waals surface area contributed by atoms with E-state index in [1.54, 1.807) is 11.6 Å². The van der Waals surface area contributed by atoms with E-state index in [1.165, 1.54) is 6.08 Å². The molecule has 0 radical (unpaired) electrons. The van der Waals surface area contributed by atoms with Crippen LogP contribution in [-0.2, 0) is 24.7 Å². The predicted octanol–water partition coefficient (Wildman–Crippen LogP) is -0.109. The average molecular weight is 355 g/mol. The third-order valence-corrected chi connectivity index (χ3v) is 3.19. The van der Waals surface area contributed by atoms with Crippen LogP contribution in [0.4, 0.5) is 0 Å². The van der Waals surface area contributed by atoms with Crippen molar-refractivity contribution in [2.45, 2.75) is 6.42 Å². The minimum absolute atomic E-state index is 0.0513. The number of allylic oxidation sites excluding steroid dienone is 3. The summed E-state index contributed by atoms with van der Waals surface area (Å²) in [5.74, 6) is -0.911. The summed E-state index contributed by atoms with van der Waals surface area (Å²) in [6.45, 7) is 0. The average Bonchev–Trinajstić information content (AvgIpc) is 2.25. The molecular formula is C8H6INO5S.